The molecule has 0 saturated carbocycles. The number of hydrogen-bond acceptors (Lipinski definition) is 6. The monoisotopic (exact) mass is 506 g/mol. The number of likely N-dealkylation sites (tertiary alicyclic amines) is 1. The second kappa shape index (κ2) is 10.9. The van der Waals surface area contributed by atoms with Crippen LogP contribution in [-0.2, 0) is 13.1 Å². The van der Waals surface area contributed by atoms with Crippen molar-refractivity contribution < 1.29 is 9.47 Å². The van der Waals surface area contributed by atoms with Crippen LogP contribution in [0.5, 0.6) is 11.5 Å². The summed E-state index contributed by atoms with van der Waals surface area (Å²) >= 11 is 0. The molecule has 0 radical (unpaired) electrons. The number of hydrogen-bond donors (Lipinski definition) is 0. The third kappa shape index (κ3) is 5.28. The van der Waals surface area contributed by atoms with Crippen molar-refractivity contribution in [3.63, 3.8) is 0 Å². The number of fused-ring (bicyclic) bond motifs is 2. The van der Waals surface area contributed by atoms with Gasteiger partial charge in [0.1, 0.15) is 11.5 Å². The van der Waals surface area contributed by atoms with Crippen LogP contribution in [0, 0.1) is 0 Å². The summed E-state index contributed by atoms with van der Waals surface area (Å²) in [5, 5.41) is 0. The molecule has 0 amide bonds. The van der Waals surface area contributed by atoms with E-state index in [2.05, 4.69) is 56.2 Å². The van der Waals surface area contributed by atoms with E-state index >= 15 is 0 Å². The Morgan fingerprint density at radius 2 is 1.21 bits per heavy atom. The van der Waals surface area contributed by atoms with Crippen LogP contribution in [0.25, 0.3) is 22.5 Å². The van der Waals surface area contributed by atoms with Crippen LogP contribution in [0.2, 0.25) is 0 Å². The molecular weight excluding hydrogens is 472 g/mol. The minimum atomic E-state index is 0.585. The van der Waals surface area contributed by atoms with Crippen molar-refractivity contribution in [1.29, 1.82) is 0 Å². The summed E-state index contributed by atoms with van der Waals surface area (Å²) in [6.07, 6.45) is 6.39. The molecule has 6 heteroatoms. The molecule has 0 N–H and O–H groups in total. The summed E-state index contributed by atoms with van der Waals surface area (Å²) in [7, 11) is 3.40. The number of rotatable bonds is 8. The largest absolute Gasteiger partial charge is 0.497 e. The average molecular weight is 507 g/mol. The lowest BCUT2D eigenvalue weighted by molar-refractivity contribution is 0.0567. The maximum Gasteiger partial charge on any atom is 0.119 e. The predicted molar refractivity (Wildman–Crippen MR) is 150 cm³/mol. The number of nitrogens with zero attached hydrogens (tertiary/aromatic N) is 4. The summed E-state index contributed by atoms with van der Waals surface area (Å²) in [5.74, 6) is 1.71. The van der Waals surface area contributed by atoms with E-state index in [-0.39, 0.29) is 0 Å². The van der Waals surface area contributed by atoms with Crippen LogP contribution in [-0.4, -0.2) is 59.2 Å². The highest BCUT2D eigenvalue weighted by Gasteiger charge is 2.39. The first-order chi connectivity index (χ1) is 18.7. The Bertz CT molecular complexity index is 1390. The van der Waals surface area contributed by atoms with Gasteiger partial charge in [-0.15, -0.1) is 0 Å². The van der Waals surface area contributed by atoms with Gasteiger partial charge in [-0.3, -0.25) is 19.8 Å². The van der Waals surface area contributed by atoms with Gasteiger partial charge in [-0.1, -0.05) is 24.3 Å². The molecule has 2 aromatic carbocycles. The fraction of sp³-hybridized carbons (Fsp3) is 0.312. The van der Waals surface area contributed by atoms with Gasteiger partial charge in [-0.25, -0.2) is 0 Å². The van der Waals surface area contributed by atoms with Crippen molar-refractivity contribution in [2.24, 2.45) is 0 Å². The zero-order chi connectivity index (χ0) is 25.9. The molecule has 194 valence electrons. The first-order valence-corrected chi connectivity index (χ1v) is 13.4. The van der Waals surface area contributed by atoms with E-state index in [0.29, 0.717) is 12.1 Å². The SMILES string of the molecule is COc1cccc(-c2cc(CN3C[C@H]4CC[C@@H](C3)N4Cc3ccnc(-c4cccc(OC)c4)c3)ccn2)c1. The summed E-state index contributed by atoms with van der Waals surface area (Å²) in [4.78, 5) is 14.6. The fourth-order valence-electron chi connectivity index (χ4n) is 5.96. The van der Waals surface area contributed by atoms with Crippen LogP contribution >= 0.6 is 0 Å². The molecule has 2 aliphatic heterocycles. The topological polar surface area (TPSA) is 50.7 Å². The summed E-state index contributed by atoms with van der Waals surface area (Å²) < 4.78 is 10.8. The van der Waals surface area contributed by atoms with Crippen molar-refractivity contribution in [2.75, 3.05) is 27.3 Å². The molecule has 2 aliphatic rings. The van der Waals surface area contributed by atoms with Crippen molar-refractivity contribution in [1.82, 2.24) is 19.8 Å². The third-order valence-electron chi connectivity index (χ3n) is 7.86. The molecule has 2 saturated heterocycles. The van der Waals surface area contributed by atoms with Gasteiger partial charge in [0.25, 0.3) is 0 Å². The zero-order valence-corrected chi connectivity index (χ0v) is 22.1. The minimum absolute atomic E-state index is 0.585. The Labute approximate surface area is 224 Å². The Kier molecular flexibility index (Phi) is 7.08. The molecule has 2 aromatic heterocycles. The zero-order valence-electron chi connectivity index (χ0n) is 22.1. The smallest absolute Gasteiger partial charge is 0.119 e. The van der Waals surface area contributed by atoms with Gasteiger partial charge in [0, 0.05) is 61.8 Å². The number of ether oxygens (including phenoxy) is 2. The Balaban J connectivity index is 1.12. The highest BCUT2D eigenvalue weighted by atomic mass is 16.5. The van der Waals surface area contributed by atoms with E-state index in [1.165, 1.54) is 24.0 Å². The third-order valence-corrected chi connectivity index (χ3v) is 7.86. The number of aromatic nitrogens is 2. The predicted octanol–water partition coefficient (Wildman–Crippen LogP) is 5.68. The lowest BCUT2D eigenvalue weighted by Gasteiger charge is -2.41. The van der Waals surface area contributed by atoms with Crippen LogP contribution in [0.15, 0.2) is 85.2 Å². The summed E-state index contributed by atoms with van der Waals surface area (Å²) in [6.45, 7) is 4.12. The second-order valence-electron chi connectivity index (χ2n) is 10.3. The van der Waals surface area contributed by atoms with Crippen LogP contribution in [0.4, 0.5) is 0 Å². The van der Waals surface area contributed by atoms with Gasteiger partial charge in [0.15, 0.2) is 0 Å². The molecule has 2 fully saturated rings. The molecule has 38 heavy (non-hydrogen) atoms. The van der Waals surface area contributed by atoms with Gasteiger partial charge < -0.3 is 9.47 Å². The summed E-state index contributed by atoms with van der Waals surface area (Å²) in [6, 6.07) is 26.2. The molecule has 2 bridgehead atoms. The molecule has 0 unspecified atom stereocenters. The standard InChI is InChI=1S/C32H34N4O2/c1-37-29-7-3-5-25(17-29)31-15-23(11-13-33-31)19-35-21-27-9-10-28(22-35)36(27)20-24-12-14-34-32(16-24)26-6-4-8-30(18-26)38-2/h3-8,11-18,27-28H,9-10,19-22H2,1-2H3/t27-,28+. The van der Waals surface area contributed by atoms with Crippen molar-refractivity contribution >= 4 is 0 Å². The van der Waals surface area contributed by atoms with E-state index < -0.39 is 0 Å². The Hall–Kier alpha value is -3.74. The molecule has 2 atom stereocenters. The molecule has 6 nitrogen and oxygen atoms in total. The highest BCUT2D eigenvalue weighted by molar-refractivity contribution is 5.62. The number of benzene rings is 2. The van der Waals surface area contributed by atoms with Gasteiger partial charge >= 0.3 is 0 Å². The van der Waals surface area contributed by atoms with E-state index in [4.69, 9.17) is 9.47 Å². The van der Waals surface area contributed by atoms with E-state index in [1.807, 2.05) is 48.8 Å². The average Bonchev–Trinajstić information content (AvgIpc) is 3.19. The van der Waals surface area contributed by atoms with E-state index in [9.17, 15) is 0 Å². The maximum atomic E-state index is 5.41. The molecule has 0 spiro atoms. The second-order valence-corrected chi connectivity index (χ2v) is 10.3. The minimum Gasteiger partial charge on any atom is -0.497 e. The molecule has 4 heterocycles. The van der Waals surface area contributed by atoms with Crippen molar-refractivity contribution in [3.8, 4) is 34.0 Å². The van der Waals surface area contributed by atoms with Gasteiger partial charge in [0.2, 0.25) is 0 Å². The fourth-order valence-corrected chi connectivity index (χ4v) is 5.96. The molecule has 4 aromatic rings. The van der Waals surface area contributed by atoms with Crippen molar-refractivity contribution in [2.45, 2.75) is 38.0 Å². The quantitative estimate of drug-likeness (QED) is 0.307. The lowest BCUT2D eigenvalue weighted by atomic mass is 10.1. The molecule has 6 rings (SSSR count). The normalized spacial score (nSPS) is 19.4. The molecular formula is C32H34N4O2. The van der Waals surface area contributed by atoms with E-state index in [0.717, 1.165) is 60.2 Å². The number of pyridine rings is 2. The van der Waals surface area contributed by atoms with E-state index in [1.54, 1.807) is 14.2 Å². The summed E-state index contributed by atoms with van der Waals surface area (Å²) in [5.41, 5.74) is 6.79. The van der Waals surface area contributed by atoms with Gasteiger partial charge in [-0.05, 0) is 72.5 Å². The van der Waals surface area contributed by atoms with Crippen LogP contribution < -0.4 is 9.47 Å². The van der Waals surface area contributed by atoms with Crippen LogP contribution in [0.3, 0.4) is 0 Å². The Morgan fingerprint density at radius 3 is 1.74 bits per heavy atom. The Morgan fingerprint density at radius 1 is 0.684 bits per heavy atom. The number of piperazine rings is 1. The first-order valence-electron chi connectivity index (χ1n) is 13.4. The highest BCUT2D eigenvalue weighted by Crippen LogP contribution is 2.33. The first kappa shape index (κ1) is 24.6. The van der Waals surface area contributed by atoms with Gasteiger partial charge in [0.05, 0.1) is 25.6 Å². The van der Waals surface area contributed by atoms with Crippen molar-refractivity contribution in [3.05, 3.63) is 96.3 Å². The lowest BCUT2D eigenvalue weighted by Crippen LogP contribution is -2.52. The maximum absolute atomic E-state index is 5.41. The molecule has 0 aliphatic carbocycles. The van der Waals surface area contributed by atoms with Crippen LogP contribution in [0.1, 0.15) is 24.0 Å². The number of methoxy groups -OCH3 is 2. The van der Waals surface area contributed by atoms with Gasteiger partial charge in [-0.2, -0.15) is 0 Å².